The van der Waals surface area contributed by atoms with Crippen LogP contribution >= 0.6 is 0 Å². The predicted octanol–water partition coefficient (Wildman–Crippen LogP) is 4.57. The van der Waals surface area contributed by atoms with Gasteiger partial charge in [0.25, 0.3) is 0 Å². The van der Waals surface area contributed by atoms with Gasteiger partial charge < -0.3 is 4.74 Å². The lowest BCUT2D eigenvalue weighted by Crippen LogP contribution is -2.08. The third kappa shape index (κ3) is 2.63. The van der Waals surface area contributed by atoms with E-state index in [1.807, 2.05) is 49.4 Å². The number of hydrogen-bond donors (Lipinski definition) is 1. The van der Waals surface area contributed by atoms with Crippen LogP contribution < -0.4 is 4.74 Å². The molecule has 5 nitrogen and oxygen atoms in total. The molecule has 0 amide bonds. The number of pyridine rings is 1. The molecule has 2 aromatic carbocycles. The van der Waals surface area contributed by atoms with Crippen molar-refractivity contribution >= 4 is 27.9 Å². The molecule has 0 saturated heterocycles. The van der Waals surface area contributed by atoms with Crippen LogP contribution in [0.2, 0.25) is 0 Å². The second kappa shape index (κ2) is 6.11. The van der Waals surface area contributed by atoms with Gasteiger partial charge in [0, 0.05) is 16.5 Å². The molecule has 0 bridgehead atoms. The summed E-state index contributed by atoms with van der Waals surface area (Å²) < 4.78 is 5.36. The number of fused-ring (bicyclic) bond motifs is 2. The fourth-order valence-electron chi connectivity index (χ4n) is 3.00. The largest absolute Gasteiger partial charge is 0.423 e. The minimum atomic E-state index is -0.440. The van der Waals surface area contributed by atoms with Crippen molar-refractivity contribution in [3.05, 3.63) is 66.2 Å². The predicted molar refractivity (Wildman–Crippen MR) is 102 cm³/mol. The first-order chi connectivity index (χ1) is 12.5. The Balaban J connectivity index is 1.91. The maximum absolute atomic E-state index is 11.8. The number of nitrogens with one attached hydrogen (secondary N) is 1. The van der Waals surface area contributed by atoms with E-state index >= 15 is 0 Å². The molecule has 26 heavy (non-hydrogen) atoms. The topological polar surface area (TPSA) is 67.9 Å². The SMILES string of the molecule is C=C(C)C(=O)Oc1ccc2nc3[nH]nc(-c4ccccc4)c3c(C)c2c1. The summed E-state index contributed by atoms with van der Waals surface area (Å²) in [5.41, 5.74) is 4.82. The number of hydrogen-bond acceptors (Lipinski definition) is 4. The lowest BCUT2D eigenvalue weighted by molar-refractivity contribution is -0.130. The summed E-state index contributed by atoms with van der Waals surface area (Å²) in [7, 11) is 0. The fourth-order valence-corrected chi connectivity index (χ4v) is 3.00. The Morgan fingerprint density at radius 3 is 2.65 bits per heavy atom. The van der Waals surface area contributed by atoms with Crippen LogP contribution in [0, 0.1) is 6.92 Å². The molecule has 4 rings (SSSR count). The molecule has 2 heterocycles. The Labute approximate surface area is 150 Å². The zero-order chi connectivity index (χ0) is 18.3. The van der Waals surface area contributed by atoms with Crippen LogP contribution in [0.4, 0.5) is 0 Å². The Kier molecular flexibility index (Phi) is 3.77. The van der Waals surface area contributed by atoms with Crippen molar-refractivity contribution in [1.29, 1.82) is 0 Å². The molecule has 0 spiro atoms. The average molecular weight is 343 g/mol. The molecule has 1 N–H and O–H groups in total. The van der Waals surface area contributed by atoms with E-state index < -0.39 is 5.97 Å². The first kappa shape index (κ1) is 16.0. The van der Waals surface area contributed by atoms with Gasteiger partial charge in [-0.15, -0.1) is 0 Å². The van der Waals surface area contributed by atoms with Gasteiger partial charge in [0.2, 0.25) is 0 Å². The van der Waals surface area contributed by atoms with E-state index in [9.17, 15) is 4.79 Å². The number of ether oxygens (including phenoxy) is 1. The van der Waals surface area contributed by atoms with Crippen LogP contribution in [-0.2, 0) is 4.79 Å². The number of aryl methyl sites for hydroxylation is 1. The summed E-state index contributed by atoms with van der Waals surface area (Å²) in [4.78, 5) is 16.5. The Morgan fingerprint density at radius 2 is 1.92 bits per heavy atom. The van der Waals surface area contributed by atoms with Gasteiger partial charge >= 0.3 is 5.97 Å². The number of nitrogens with zero attached hydrogens (tertiary/aromatic N) is 2. The highest BCUT2D eigenvalue weighted by Gasteiger charge is 2.15. The lowest BCUT2D eigenvalue weighted by atomic mass is 10.0. The number of benzene rings is 2. The Morgan fingerprint density at radius 1 is 1.15 bits per heavy atom. The summed E-state index contributed by atoms with van der Waals surface area (Å²) in [5, 5.41) is 9.37. The minimum absolute atomic E-state index is 0.358. The van der Waals surface area contributed by atoms with Gasteiger partial charge in [-0.05, 0) is 37.6 Å². The molecule has 0 atom stereocenters. The third-order valence-corrected chi connectivity index (χ3v) is 4.33. The molecule has 5 heteroatoms. The molecule has 4 aromatic rings. The van der Waals surface area contributed by atoms with Crippen molar-refractivity contribution in [3.8, 4) is 17.0 Å². The number of esters is 1. The first-order valence-electron chi connectivity index (χ1n) is 8.26. The van der Waals surface area contributed by atoms with Crippen LogP contribution in [0.15, 0.2) is 60.7 Å². The lowest BCUT2D eigenvalue weighted by Gasteiger charge is -2.08. The smallest absolute Gasteiger partial charge is 0.338 e. The number of carbonyl (C=O) groups excluding carboxylic acids is 1. The monoisotopic (exact) mass is 343 g/mol. The van der Waals surface area contributed by atoms with E-state index in [0.717, 1.165) is 38.8 Å². The highest BCUT2D eigenvalue weighted by atomic mass is 16.5. The molecule has 2 aromatic heterocycles. The number of rotatable bonds is 3. The molecule has 0 aliphatic carbocycles. The van der Waals surface area contributed by atoms with Crippen LogP contribution in [0.3, 0.4) is 0 Å². The summed E-state index contributed by atoms with van der Waals surface area (Å²) in [5.74, 6) is 0.0313. The van der Waals surface area contributed by atoms with Gasteiger partial charge in [-0.2, -0.15) is 5.10 Å². The maximum atomic E-state index is 11.8. The summed E-state index contributed by atoms with van der Waals surface area (Å²) in [6, 6.07) is 15.4. The Hall–Kier alpha value is -3.47. The zero-order valence-electron chi connectivity index (χ0n) is 14.5. The van der Waals surface area contributed by atoms with Gasteiger partial charge in [0.15, 0.2) is 5.65 Å². The van der Waals surface area contributed by atoms with Crippen LogP contribution in [0.25, 0.3) is 33.2 Å². The molecule has 0 unspecified atom stereocenters. The van der Waals surface area contributed by atoms with E-state index in [1.54, 1.807) is 13.0 Å². The quantitative estimate of drug-likeness (QED) is 0.336. The van der Waals surface area contributed by atoms with Crippen LogP contribution in [0.5, 0.6) is 5.75 Å². The van der Waals surface area contributed by atoms with Gasteiger partial charge in [-0.1, -0.05) is 36.9 Å². The van der Waals surface area contributed by atoms with E-state index in [2.05, 4.69) is 21.8 Å². The molecule has 128 valence electrons. The number of aromatic nitrogens is 3. The van der Waals surface area contributed by atoms with E-state index in [-0.39, 0.29) is 0 Å². The van der Waals surface area contributed by atoms with Crippen LogP contribution in [0.1, 0.15) is 12.5 Å². The number of carbonyl (C=O) groups is 1. The van der Waals surface area contributed by atoms with Crippen molar-refractivity contribution in [3.63, 3.8) is 0 Å². The molecular weight excluding hydrogens is 326 g/mol. The highest BCUT2D eigenvalue weighted by molar-refractivity contribution is 6.03. The van der Waals surface area contributed by atoms with E-state index in [4.69, 9.17) is 4.74 Å². The van der Waals surface area contributed by atoms with Crippen LogP contribution in [-0.4, -0.2) is 21.2 Å². The van der Waals surface area contributed by atoms with Gasteiger partial charge in [0.1, 0.15) is 11.4 Å². The number of H-pyrrole nitrogens is 1. The molecule has 0 fully saturated rings. The van der Waals surface area contributed by atoms with Crippen molar-refractivity contribution in [2.45, 2.75) is 13.8 Å². The summed E-state index contributed by atoms with van der Waals surface area (Å²) >= 11 is 0. The van der Waals surface area contributed by atoms with Crippen molar-refractivity contribution in [2.24, 2.45) is 0 Å². The van der Waals surface area contributed by atoms with Gasteiger partial charge in [-0.3, -0.25) is 5.10 Å². The number of aromatic amines is 1. The second-order valence-corrected chi connectivity index (χ2v) is 6.25. The van der Waals surface area contributed by atoms with E-state index in [0.29, 0.717) is 11.3 Å². The molecular formula is C21H17N3O2. The van der Waals surface area contributed by atoms with Gasteiger partial charge in [-0.25, -0.2) is 9.78 Å². The van der Waals surface area contributed by atoms with Crippen molar-refractivity contribution in [2.75, 3.05) is 0 Å². The third-order valence-electron chi connectivity index (χ3n) is 4.33. The normalized spacial score (nSPS) is 11.0. The highest BCUT2D eigenvalue weighted by Crippen LogP contribution is 2.33. The molecule has 0 aliphatic rings. The standard InChI is InChI=1S/C21H17N3O2/c1-12(2)21(25)26-15-9-10-17-16(11-15)13(3)18-19(23-24-20(18)22-17)14-7-5-4-6-8-14/h4-11H,1H2,2-3H3,(H,22,23,24). The molecule has 0 radical (unpaired) electrons. The molecule has 0 saturated carbocycles. The molecule has 0 aliphatic heterocycles. The minimum Gasteiger partial charge on any atom is -0.423 e. The zero-order valence-corrected chi connectivity index (χ0v) is 14.5. The Bertz CT molecular complexity index is 1160. The average Bonchev–Trinajstić information content (AvgIpc) is 3.07. The maximum Gasteiger partial charge on any atom is 0.338 e. The van der Waals surface area contributed by atoms with E-state index in [1.165, 1.54) is 0 Å². The first-order valence-corrected chi connectivity index (χ1v) is 8.26. The fraction of sp³-hybridized carbons (Fsp3) is 0.0952. The van der Waals surface area contributed by atoms with Gasteiger partial charge in [0.05, 0.1) is 10.9 Å². The van der Waals surface area contributed by atoms with Crippen molar-refractivity contribution < 1.29 is 9.53 Å². The van der Waals surface area contributed by atoms with Crippen molar-refractivity contribution in [1.82, 2.24) is 15.2 Å². The summed E-state index contributed by atoms with van der Waals surface area (Å²) in [6.45, 7) is 7.26. The summed E-state index contributed by atoms with van der Waals surface area (Å²) in [6.07, 6.45) is 0. The second-order valence-electron chi connectivity index (χ2n) is 6.25.